The Morgan fingerprint density at radius 3 is 2.18 bits per heavy atom. The van der Waals surface area contributed by atoms with Crippen LogP contribution in [0, 0.1) is 6.07 Å². The molecule has 1 aliphatic rings. The number of pyridine rings is 1. The number of rotatable bonds is 6. The molecule has 252 valence electrons. The van der Waals surface area contributed by atoms with Crippen LogP contribution in [0.2, 0.25) is 13.1 Å². The van der Waals surface area contributed by atoms with E-state index < -0.39 is 8.07 Å². The van der Waals surface area contributed by atoms with Gasteiger partial charge in [-0.25, -0.2) is 4.98 Å². The zero-order chi connectivity index (χ0) is 33.9. The Bertz CT molecular complexity index is 2380. The Balaban J connectivity index is 0.00000378. The summed E-state index contributed by atoms with van der Waals surface area (Å²) in [5.74, 6) is 2.17. The Morgan fingerprint density at radius 2 is 1.49 bits per heavy atom. The van der Waals surface area contributed by atoms with E-state index in [9.17, 15) is 0 Å². The van der Waals surface area contributed by atoms with Crippen molar-refractivity contribution >= 4 is 45.9 Å². The van der Waals surface area contributed by atoms with Crippen LogP contribution in [0.5, 0.6) is 0 Å². The van der Waals surface area contributed by atoms with Crippen molar-refractivity contribution in [1.29, 1.82) is 0 Å². The van der Waals surface area contributed by atoms with E-state index in [0.717, 1.165) is 22.2 Å². The molecule has 49 heavy (non-hydrogen) atoms. The molecule has 0 saturated carbocycles. The zero-order valence-corrected chi connectivity index (χ0v) is 33.4. The minimum Gasteiger partial charge on any atom is -0.440 e. The second-order valence-electron chi connectivity index (χ2n) is 15.8. The van der Waals surface area contributed by atoms with Gasteiger partial charge in [0, 0.05) is 40.6 Å². The standard InChI is InChI=1S/C41H44N6Si.Pt/c1-24(2)27-13-11-14-28(25(3)4)35(27)46-20-19-42-39(46)37-43-23-34(45-37)48(9,10)26-17-18-29-30-15-12-16-32-36(30)47-33(41(7,8)40(32,5)6)22-44-38(47)31(29)21-26;/h11-20,22-25H,1-10H3;/q-2;+2. The molecular weight excluding hydrogens is 800 g/mol. The van der Waals surface area contributed by atoms with Gasteiger partial charge in [-0.1, -0.05) is 122 Å². The Labute approximate surface area is 304 Å². The predicted molar refractivity (Wildman–Crippen MR) is 200 cm³/mol. The van der Waals surface area contributed by atoms with Crippen LogP contribution in [0.1, 0.15) is 89.6 Å². The molecule has 8 rings (SSSR count). The van der Waals surface area contributed by atoms with Gasteiger partial charge in [0.05, 0.1) is 19.4 Å². The average Bonchev–Trinajstić information content (AvgIpc) is 3.83. The second kappa shape index (κ2) is 11.4. The van der Waals surface area contributed by atoms with Crippen LogP contribution in [0.25, 0.3) is 44.7 Å². The van der Waals surface area contributed by atoms with Gasteiger partial charge in [0.2, 0.25) is 0 Å². The molecule has 0 fully saturated rings. The summed E-state index contributed by atoms with van der Waals surface area (Å²) >= 11 is 0. The van der Waals surface area contributed by atoms with Crippen LogP contribution in [-0.2, 0) is 31.9 Å². The van der Waals surface area contributed by atoms with Gasteiger partial charge in [0.25, 0.3) is 0 Å². The first-order valence-electron chi connectivity index (χ1n) is 17.2. The molecule has 0 unspecified atom stereocenters. The van der Waals surface area contributed by atoms with E-state index in [0.29, 0.717) is 17.7 Å². The van der Waals surface area contributed by atoms with Crippen molar-refractivity contribution in [1.82, 2.24) is 28.9 Å². The van der Waals surface area contributed by atoms with E-state index in [-0.39, 0.29) is 31.9 Å². The van der Waals surface area contributed by atoms with Crippen LogP contribution < -0.4 is 15.5 Å². The summed E-state index contributed by atoms with van der Waals surface area (Å²) in [6.45, 7) is 23.1. The number of imidazole rings is 3. The molecule has 5 heterocycles. The summed E-state index contributed by atoms with van der Waals surface area (Å²) in [7, 11) is -2.32. The van der Waals surface area contributed by atoms with Crippen molar-refractivity contribution in [3.8, 4) is 17.3 Å². The predicted octanol–water partition coefficient (Wildman–Crippen LogP) is 8.28. The third-order valence-electron chi connectivity index (χ3n) is 11.6. The van der Waals surface area contributed by atoms with E-state index >= 15 is 0 Å². The van der Waals surface area contributed by atoms with Crippen molar-refractivity contribution < 1.29 is 21.1 Å². The Kier molecular flexibility index (Phi) is 7.81. The summed E-state index contributed by atoms with van der Waals surface area (Å²) in [6.07, 6.45) is 7.97. The quantitative estimate of drug-likeness (QED) is 0.0962. The fraction of sp³-hybridized carbons (Fsp3) is 0.341. The van der Waals surface area contributed by atoms with Gasteiger partial charge in [0.15, 0.2) is 0 Å². The SMILES string of the molecule is CC(C)c1cccc(C(C)C)c1-n1ccnc1-c1ncc([Si](C)(C)c2[c-]c3c(cc2)c2cccc4c2n2c(cnc32)C(C)(C)C4(C)C)[n-]1.[Pt+2]. The van der Waals surface area contributed by atoms with E-state index in [1.54, 1.807) is 0 Å². The van der Waals surface area contributed by atoms with E-state index in [1.807, 2.05) is 12.4 Å². The molecule has 4 aromatic heterocycles. The smallest absolute Gasteiger partial charge is 0.440 e. The van der Waals surface area contributed by atoms with Crippen molar-refractivity contribution in [2.24, 2.45) is 0 Å². The van der Waals surface area contributed by atoms with Crippen molar-refractivity contribution in [3.63, 3.8) is 0 Å². The molecule has 0 saturated heterocycles. The van der Waals surface area contributed by atoms with Gasteiger partial charge in [-0.05, 0) is 39.7 Å². The second-order valence-corrected chi connectivity index (χ2v) is 20.1. The molecule has 6 nitrogen and oxygen atoms in total. The first-order chi connectivity index (χ1) is 22.7. The van der Waals surface area contributed by atoms with Crippen molar-refractivity contribution in [2.45, 2.75) is 91.1 Å². The van der Waals surface area contributed by atoms with Gasteiger partial charge < -0.3 is 14.4 Å². The molecule has 0 amide bonds. The van der Waals surface area contributed by atoms with Gasteiger partial charge >= 0.3 is 21.1 Å². The fourth-order valence-electron chi connectivity index (χ4n) is 7.90. The van der Waals surface area contributed by atoms with Crippen LogP contribution in [0.4, 0.5) is 0 Å². The van der Waals surface area contributed by atoms with Gasteiger partial charge in [-0.2, -0.15) is 0 Å². The number of para-hydroxylation sites is 2. The molecule has 7 aromatic rings. The van der Waals surface area contributed by atoms with Crippen LogP contribution in [0.3, 0.4) is 0 Å². The minimum absolute atomic E-state index is 0. The summed E-state index contributed by atoms with van der Waals surface area (Å²) in [5.41, 5.74) is 8.54. The average molecular weight is 844 g/mol. The van der Waals surface area contributed by atoms with Crippen molar-refractivity contribution in [2.75, 3.05) is 0 Å². The maximum atomic E-state index is 5.21. The largest absolute Gasteiger partial charge is 2.00 e. The van der Waals surface area contributed by atoms with E-state index in [2.05, 4.69) is 144 Å². The number of benzene rings is 3. The number of nitrogens with zero attached hydrogens (tertiary/aromatic N) is 6. The number of aromatic nitrogens is 6. The molecule has 0 aliphatic carbocycles. The van der Waals surface area contributed by atoms with E-state index in [4.69, 9.17) is 19.9 Å². The van der Waals surface area contributed by atoms with Gasteiger partial charge in [-0.15, -0.1) is 28.8 Å². The van der Waals surface area contributed by atoms with Crippen LogP contribution in [0.15, 0.2) is 73.3 Å². The molecule has 1 aliphatic heterocycles. The third-order valence-corrected chi connectivity index (χ3v) is 14.8. The fourth-order valence-corrected chi connectivity index (χ4v) is 9.88. The first-order valence-corrected chi connectivity index (χ1v) is 20.2. The summed E-state index contributed by atoms with van der Waals surface area (Å²) in [4.78, 5) is 20.0. The summed E-state index contributed by atoms with van der Waals surface area (Å²) < 4.78 is 4.60. The minimum atomic E-state index is -2.32. The van der Waals surface area contributed by atoms with E-state index in [1.165, 1.54) is 49.5 Å². The molecule has 8 heteroatoms. The Morgan fingerprint density at radius 1 is 0.796 bits per heavy atom. The summed E-state index contributed by atoms with van der Waals surface area (Å²) in [6, 6.07) is 21.9. The topological polar surface area (TPSA) is 62.1 Å². The van der Waals surface area contributed by atoms with Crippen molar-refractivity contribution in [3.05, 3.63) is 102 Å². The number of hydrogen-bond donors (Lipinski definition) is 0. The number of hydrogen-bond acceptors (Lipinski definition) is 3. The monoisotopic (exact) mass is 843 g/mol. The third kappa shape index (κ3) is 4.64. The normalized spacial score (nSPS) is 15.3. The van der Waals surface area contributed by atoms with Crippen LogP contribution in [-0.4, -0.2) is 32.0 Å². The van der Waals surface area contributed by atoms with Gasteiger partial charge in [-0.3, -0.25) is 9.55 Å². The number of fused-ring (bicyclic) bond motifs is 3. The molecular formula is C41H44N6PtSi. The molecule has 3 aromatic carbocycles. The maximum absolute atomic E-state index is 5.21. The molecule has 0 N–H and O–H groups in total. The van der Waals surface area contributed by atoms with Gasteiger partial charge in [0.1, 0.15) is 5.82 Å². The maximum Gasteiger partial charge on any atom is 2.00 e. The molecule has 0 radical (unpaired) electrons. The Hall–Kier alpha value is -3.80. The molecule has 0 bridgehead atoms. The molecule has 0 atom stereocenters. The molecule has 0 spiro atoms. The zero-order valence-electron chi connectivity index (χ0n) is 30.1. The van der Waals surface area contributed by atoms with Crippen LogP contribution >= 0.6 is 0 Å². The summed E-state index contributed by atoms with van der Waals surface area (Å²) in [5, 5.41) is 5.74. The first kappa shape index (κ1) is 33.7.